The first kappa shape index (κ1) is 18.1. The fraction of sp³-hybridized carbons (Fsp3) is 0.529. The number of hydrogen-bond acceptors (Lipinski definition) is 5. The molecule has 2 atom stereocenters. The van der Waals surface area contributed by atoms with Gasteiger partial charge in [0.25, 0.3) is 0 Å². The zero-order chi connectivity index (χ0) is 17.4. The number of hydrogen-bond donors (Lipinski definition) is 2. The smallest absolute Gasteiger partial charge is 0.409 e. The van der Waals surface area contributed by atoms with Crippen LogP contribution in [0.25, 0.3) is 0 Å². The summed E-state index contributed by atoms with van der Waals surface area (Å²) in [6.07, 6.45) is 0.319. The van der Waals surface area contributed by atoms with E-state index in [1.807, 2.05) is 30.3 Å². The van der Waals surface area contributed by atoms with E-state index in [2.05, 4.69) is 5.32 Å². The number of nitrogens with zero attached hydrogens (tertiary/aromatic N) is 1. The van der Waals surface area contributed by atoms with Gasteiger partial charge >= 0.3 is 12.2 Å². The molecule has 1 aliphatic heterocycles. The van der Waals surface area contributed by atoms with Crippen molar-refractivity contribution in [1.82, 2.24) is 10.2 Å². The summed E-state index contributed by atoms with van der Waals surface area (Å²) in [6, 6.07) is 9.19. The summed E-state index contributed by atoms with van der Waals surface area (Å²) in [6.45, 7) is 1.13. The van der Waals surface area contributed by atoms with Gasteiger partial charge in [0.05, 0.1) is 13.2 Å². The monoisotopic (exact) mass is 336 g/mol. The quantitative estimate of drug-likeness (QED) is 0.855. The van der Waals surface area contributed by atoms with Crippen molar-refractivity contribution in [2.75, 3.05) is 26.8 Å². The van der Waals surface area contributed by atoms with Crippen molar-refractivity contribution in [2.24, 2.45) is 5.92 Å². The molecule has 2 rings (SSSR count). The maximum absolute atomic E-state index is 12.0. The third-order valence-electron chi connectivity index (χ3n) is 4.04. The number of amides is 2. The topological polar surface area (TPSA) is 88.1 Å². The van der Waals surface area contributed by atoms with Gasteiger partial charge in [-0.25, -0.2) is 9.59 Å². The number of carbonyl (C=O) groups excluding carboxylic acids is 2. The molecule has 0 spiro atoms. The van der Waals surface area contributed by atoms with Gasteiger partial charge in [-0.15, -0.1) is 0 Å². The molecule has 2 amide bonds. The molecule has 1 heterocycles. The number of piperidine rings is 1. The summed E-state index contributed by atoms with van der Waals surface area (Å²) in [7, 11) is 1.33. The van der Waals surface area contributed by atoms with Gasteiger partial charge in [0.15, 0.2) is 0 Å². The average Bonchev–Trinajstić information content (AvgIpc) is 2.60. The van der Waals surface area contributed by atoms with Crippen molar-refractivity contribution in [1.29, 1.82) is 0 Å². The Balaban J connectivity index is 1.86. The summed E-state index contributed by atoms with van der Waals surface area (Å²) in [5, 5.41) is 11.9. The highest BCUT2D eigenvalue weighted by molar-refractivity contribution is 5.69. The highest BCUT2D eigenvalue weighted by Gasteiger charge is 2.31. The summed E-state index contributed by atoms with van der Waals surface area (Å²) in [5.74, 6) is 0.113. The summed E-state index contributed by atoms with van der Waals surface area (Å²) >= 11 is 0. The van der Waals surface area contributed by atoms with Crippen molar-refractivity contribution in [2.45, 2.75) is 25.5 Å². The maximum atomic E-state index is 12.0. The minimum Gasteiger partial charge on any atom is -0.453 e. The molecule has 7 heteroatoms. The maximum Gasteiger partial charge on any atom is 0.409 e. The molecule has 2 unspecified atom stereocenters. The molecule has 0 bridgehead atoms. The minimum absolute atomic E-state index is 0.0465. The zero-order valence-electron chi connectivity index (χ0n) is 13.8. The van der Waals surface area contributed by atoms with Crippen LogP contribution in [-0.4, -0.2) is 55.0 Å². The Labute approximate surface area is 141 Å². The fourth-order valence-corrected chi connectivity index (χ4v) is 2.91. The van der Waals surface area contributed by atoms with Crippen molar-refractivity contribution in [3.63, 3.8) is 0 Å². The van der Waals surface area contributed by atoms with Crippen molar-refractivity contribution in [3.05, 3.63) is 35.9 Å². The normalized spacial score (nSPS) is 20.3. The third kappa shape index (κ3) is 5.42. The number of carbonyl (C=O) groups is 2. The van der Waals surface area contributed by atoms with Gasteiger partial charge < -0.3 is 24.8 Å². The van der Waals surface area contributed by atoms with Crippen LogP contribution in [0.5, 0.6) is 0 Å². The van der Waals surface area contributed by atoms with Crippen LogP contribution in [0, 0.1) is 5.92 Å². The highest BCUT2D eigenvalue weighted by Crippen LogP contribution is 2.20. The molecular formula is C17H24N2O5. The zero-order valence-corrected chi connectivity index (χ0v) is 13.8. The molecule has 0 radical (unpaired) electrons. The number of benzene rings is 1. The second kappa shape index (κ2) is 9.12. The van der Waals surface area contributed by atoms with Crippen LogP contribution in [0.1, 0.15) is 18.4 Å². The van der Waals surface area contributed by atoms with E-state index in [1.54, 1.807) is 4.90 Å². The standard InChI is InChI=1S/C17H24N2O5/c1-23-17(22)19-10-14(7-8-20)9-15(11-19)18-16(21)24-12-13-5-3-2-4-6-13/h2-6,14-15,20H,7-12H2,1H3,(H,18,21). The third-order valence-corrected chi connectivity index (χ3v) is 4.04. The largest absolute Gasteiger partial charge is 0.453 e. The van der Waals surface area contributed by atoms with Gasteiger partial charge in [0.2, 0.25) is 0 Å². The van der Waals surface area contributed by atoms with Crippen LogP contribution in [0.2, 0.25) is 0 Å². The van der Waals surface area contributed by atoms with Crippen molar-refractivity contribution >= 4 is 12.2 Å². The highest BCUT2D eigenvalue weighted by atomic mass is 16.5. The first-order valence-electron chi connectivity index (χ1n) is 8.03. The Kier molecular flexibility index (Phi) is 6.87. The molecule has 0 aromatic heterocycles. The molecule has 24 heavy (non-hydrogen) atoms. The predicted molar refractivity (Wildman–Crippen MR) is 87.3 cm³/mol. The molecule has 2 N–H and O–H groups in total. The van der Waals surface area contributed by atoms with E-state index in [1.165, 1.54) is 7.11 Å². The lowest BCUT2D eigenvalue weighted by molar-refractivity contribution is 0.0792. The van der Waals surface area contributed by atoms with Gasteiger partial charge in [0.1, 0.15) is 6.61 Å². The molecule has 7 nitrogen and oxygen atoms in total. The average molecular weight is 336 g/mol. The number of rotatable bonds is 5. The molecule has 1 fully saturated rings. The van der Waals surface area contributed by atoms with E-state index in [-0.39, 0.29) is 25.2 Å². The number of methoxy groups -OCH3 is 1. The molecule has 132 valence electrons. The summed E-state index contributed by atoms with van der Waals surface area (Å²) < 4.78 is 9.97. The Morgan fingerprint density at radius 2 is 2.04 bits per heavy atom. The number of aliphatic hydroxyl groups is 1. The van der Waals surface area contributed by atoms with E-state index < -0.39 is 12.2 Å². The first-order valence-corrected chi connectivity index (χ1v) is 8.03. The number of nitrogens with one attached hydrogen (secondary N) is 1. The molecule has 0 aliphatic carbocycles. The molecule has 1 aromatic carbocycles. The SMILES string of the molecule is COC(=O)N1CC(CCO)CC(NC(=O)OCc2ccccc2)C1. The predicted octanol–water partition coefficient (Wildman–Crippen LogP) is 1.75. The molecule has 1 saturated heterocycles. The van der Waals surface area contributed by atoms with Crippen LogP contribution >= 0.6 is 0 Å². The lowest BCUT2D eigenvalue weighted by atomic mass is 9.92. The van der Waals surface area contributed by atoms with Crippen LogP contribution in [0.4, 0.5) is 9.59 Å². The summed E-state index contributed by atoms with van der Waals surface area (Å²) in [5.41, 5.74) is 0.908. The second-order valence-corrected chi connectivity index (χ2v) is 5.89. The van der Waals surface area contributed by atoms with E-state index in [0.29, 0.717) is 25.9 Å². The second-order valence-electron chi connectivity index (χ2n) is 5.89. The number of likely N-dealkylation sites (tertiary alicyclic amines) is 1. The Bertz CT molecular complexity index is 537. The Morgan fingerprint density at radius 3 is 2.71 bits per heavy atom. The van der Waals surface area contributed by atoms with Gasteiger partial charge in [-0.1, -0.05) is 30.3 Å². The lowest BCUT2D eigenvalue weighted by Crippen LogP contribution is -2.52. The molecule has 1 aliphatic rings. The van der Waals surface area contributed by atoms with Gasteiger partial charge in [-0.2, -0.15) is 0 Å². The molecule has 1 aromatic rings. The van der Waals surface area contributed by atoms with Gasteiger partial charge in [0, 0.05) is 19.7 Å². The van der Waals surface area contributed by atoms with Crippen LogP contribution in [0.15, 0.2) is 30.3 Å². The number of ether oxygens (including phenoxy) is 2. The Morgan fingerprint density at radius 1 is 1.29 bits per heavy atom. The van der Waals surface area contributed by atoms with E-state index in [9.17, 15) is 9.59 Å². The Hall–Kier alpha value is -2.28. The van der Waals surface area contributed by atoms with Crippen LogP contribution in [-0.2, 0) is 16.1 Å². The summed E-state index contributed by atoms with van der Waals surface area (Å²) in [4.78, 5) is 25.3. The van der Waals surface area contributed by atoms with E-state index in [0.717, 1.165) is 5.56 Å². The number of aliphatic hydroxyl groups excluding tert-OH is 1. The fourth-order valence-electron chi connectivity index (χ4n) is 2.91. The van der Waals surface area contributed by atoms with Gasteiger partial charge in [-0.05, 0) is 24.3 Å². The van der Waals surface area contributed by atoms with Crippen molar-refractivity contribution in [3.8, 4) is 0 Å². The van der Waals surface area contributed by atoms with Crippen LogP contribution < -0.4 is 5.32 Å². The number of alkyl carbamates (subject to hydrolysis) is 1. The van der Waals surface area contributed by atoms with Crippen molar-refractivity contribution < 1.29 is 24.2 Å². The minimum atomic E-state index is -0.515. The van der Waals surface area contributed by atoms with E-state index in [4.69, 9.17) is 14.6 Å². The molecular weight excluding hydrogens is 312 g/mol. The lowest BCUT2D eigenvalue weighted by Gasteiger charge is -2.36. The van der Waals surface area contributed by atoms with Crippen LogP contribution in [0.3, 0.4) is 0 Å². The first-order chi connectivity index (χ1) is 11.6. The molecule has 0 saturated carbocycles. The van der Waals surface area contributed by atoms with E-state index >= 15 is 0 Å². The van der Waals surface area contributed by atoms with Gasteiger partial charge in [-0.3, -0.25) is 0 Å².